The number of nitrogens with two attached hydrogens (primary N) is 1. The van der Waals surface area contributed by atoms with Gasteiger partial charge < -0.3 is 15.4 Å². The van der Waals surface area contributed by atoms with E-state index in [1.165, 1.54) is 0 Å². The number of anilines is 1. The molecule has 2 aromatic rings. The molecule has 6 heteroatoms. The fourth-order valence-corrected chi connectivity index (χ4v) is 2.67. The molecule has 1 aromatic carbocycles. The highest BCUT2D eigenvalue weighted by Crippen LogP contribution is 2.20. The molecule has 0 unspecified atom stereocenters. The molecule has 0 aliphatic heterocycles. The lowest BCUT2D eigenvalue weighted by molar-refractivity contribution is 0.0770. The summed E-state index contributed by atoms with van der Waals surface area (Å²) in [6.07, 6.45) is 0.514. The van der Waals surface area contributed by atoms with Gasteiger partial charge in [-0.1, -0.05) is 12.1 Å². The number of nitrogens with zero attached hydrogens (tertiary/aromatic N) is 3. The molecule has 2 rings (SSSR count). The maximum atomic E-state index is 12.8. The molecule has 0 radical (unpaired) electrons. The zero-order chi connectivity index (χ0) is 17.7. The lowest BCUT2D eigenvalue weighted by Crippen LogP contribution is -2.32. The van der Waals surface area contributed by atoms with Gasteiger partial charge >= 0.3 is 0 Å². The minimum Gasteiger partial charge on any atom is -0.497 e. The Balaban J connectivity index is 2.42. The van der Waals surface area contributed by atoms with Crippen molar-refractivity contribution in [3.05, 3.63) is 46.8 Å². The van der Waals surface area contributed by atoms with Crippen molar-refractivity contribution in [2.45, 2.75) is 27.2 Å². The van der Waals surface area contributed by atoms with Crippen LogP contribution in [0.1, 0.15) is 41.2 Å². The smallest absolute Gasteiger partial charge is 0.257 e. The Morgan fingerprint density at radius 3 is 2.33 bits per heavy atom. The van der Waals surface area contributed by atoms with Gasteiger partial charge in [0.1, 0.15) is 5.75 Å². The molecular formula is C18H24N4O2. The summed E-state index contributed by atoms with van der Waals surface area (Å²) in [5, 5.41) is 0. The summed E-state index contributed by atoms with van der Waals surface area (Å²) in [6.45, 7) is 6.99. The Morgan fingerprint density at radius 2 is 1.79 bits per heavy atom. The van der Waals surface area contributed by atoms with Crippen LogP contribution in [0.4, 0.5) is 5.95 Å². The van der Waals surface area contributed by atoms with Crippen molar-refractivity contribution >= 4 is 11.9 Å². The van der Waals surface area contributed by atoms with Crippen LogP contribution in [0.5, 0.6) is 5.75 Å². The van der Waals surface area contributed by atoms with E-state index in [0.717, 1.165) is 11.3 Å². The van der Waals surface area contributed by atoms with E-state index in [4.69, 9.17) is 10.5 Å². The molecule has 0 saturated carbocycles. The first kappa shape index (κ1) is 17.7. The van der Waals surface area contributed by atoms with Gasteiger partial charge in [-0.15, -0.1) is 0 Å². The first-order chi connectivity index (χ1) is 11.5. The molecule has 6 nitrogen and oxygen atoms in total. The van der Waals surface area contributed by atoms with Gasteiger partial charge in [0.2, 0.25) is 5.95 Å². The molecule has 1 amide bonds. The first-order valence-corrected chi connectivity index (χ1v) is 8.05. The molecule has 2 N–H and O–H groups in total. The lowest BCUT2D eigenvalue weighted by Gasteiger charge is -2.21. The molecule has 0 bridgehead atoms. The van der Waals surface area contributed by atoms with E-state index < -0.39 is 0 Å². The first-order valence-electron chi connectivity index (χ1n) is 8.05. The van der Waals surface area contributed by atoms with Gasteiger partial charge in [-0.05, 0) is 38.5 Å². The normalized spacial score (nSPS) is 10.5. The van der Waals surface area contributed by atoms with Crippen molar-refractivity contribution in [3.8, 4) is 5.75 Å². The van der Waals surface area contributed by atoms with Crippen molar-refractivity contribution < 1.29 is 9.53 Å². The van der Waals surface area contributed by atoms with Crippen LogP contribution in [0, 0.1) is 6.92 Å². The van der Waals surface area contributed by atoms with E-state index in [1.54, 1.807) is 18.9 Å². The summed E-state index contributed by atoms with van der Waals surface area (Å²) in [7, 11) is 1.63. The van der Waals surface area contributed by atoms with Gasteiger partial charge in [0.05, 0.1) is 24.1 Å². The van der Waals surface area contributed by atoms with Crippen LogP contribution in [0.3, 0.4) is 0 Å². The number of hydrogen-bond acceptors (Lipinski definition) is 5. The molecule has 0 atom stereocenters. The number of ether oxygens (including phenoxy) is 1. The van der Waals surface area contributed by atoms with Crippen LogP contribution in [0.25, 0.3) is 0 Å². The van der Waals surface area contributed by atoms with E-state index in [2.05, 4.69) is 9.97 Å². The van der Waals surface area contributed by atoms with Gasteiger partial charge in [-0.3, -0.25) is 4.79 Å². The predicted octanol–water partition coefficient (Wildman–Crippen LogP) is 2.45. The number of carbonyl (C=O) groups is 1. The average molecular weight is 328 g/mol. The zero-order valence-corrected chi connectivity index (χ0v) is 14.7. The van der Waals surface area contributed by atoms with Crippen molar-refractivity contribution in [1.82, 2.24) is 14.9 Å². The number of methoxy groups -OCH3 is 1. The molecule has 1 heterocycles. The van der Waals surface area contributed by atoms with Crippen LogP contribution in [-0.2, 0) is 6.42 Å². The Bertz CT molecular complexity index is 710. The quantitative estimate of drug-likeness (QED) is 0.881. The van der Waals surface area contributed by atoms with E-state index in [0.29, 0.717) is 36.5 Å². The number of benzene rings is 1. The van der Waals surface area contributed by atoms with Crippen LogP contribution in [0.2, 0.25) is 0 Å². The topological polar surface area (TPSA) is 81.3 Å². The van der Waals surface area contributed by atoms with E-state index in [1.807, 2.05) is 38.1 Å². The second-order valence-electron chi connectivity index (χ2n) is 5.49. The second kappa shape index (κ2) is 7.77. The number of amides is 1. The Kier molecular flexibility index (Phi) is 5.73. The van der Waals surface area contributed by atoms with Crippen LogP contribution in [0.15, 0.2) is 24.3 Å². The summed E-state index contributed by atoms with van der Waals surface area (Å²) in [4.78, 5) is 23.1. The highest BCUT2D eigenvalue weighted by Gasteiger charge is 2.22. The number of hydrogen-bond donors (Lipinski definition) is 1. The Labute approximate surface area is 142 Å². The zero-order valence-electron chi connectivity index (χ0n) is 14.7. The summed E-state index contributed by atoms with van der Waals surface area (Å²) >= 11 is 0. The molecule has 24 heavy (non-hydrogen) atoms. The highest BCUT2D eigenvalue weighted by atomic mass is 16.5. The number of carbonyl (C=O) groups excluding carboxylic acids is 1. The number of aromatic nitrogens is 2. The standard InChI is InChI=1S/C18H24N4O2/c1-5-22(6-2)17(23)16-12(3)20-18(19)21-15(16)11-13-7-9-14(24-4)10-8-13/h7-10H,5-6,11H2,1-4H3,(H2,19,20,21). The lowest BCUT2D eigenvalue weighted by atomic mass is 10.0. The molecule has 0 aliphatic carbocycles. The van der Waals surface area contributed by atoms with Crippen LogP contribution in [-0.4, -0.2) is 41.0 Å². The highest BCUT2D eigenvalue weighted by molar-refractivity contribution is 5.96. The number of aryl methyl sites for hydroxylation is 1. The fourth-order valence-electron chi connectivity index (χ4n) is 2.67. The average Bonchev–Trinajstić information content (AvgIpc) is 2.56. The molecule has 0 saturated heterocycles. The third-order valence-corrected chi connectivity index (χ3v) is 3.98. The molecule has 0 aliphatic rings. The largest absolute Gasteiger partial charge is 0.497 e. The van der Waals surface area contributed by atoms with Crippen molar-refractivity contribution in [1.29, 1.82) is 0 Å². The Hall–Kier alpha value is -2.63. The minimum absolute atomic E-state index is 0.0546. The van der Waals surface area contributed by atoms with E-state index >= 15 is 0 Å². The van der Waals surface area contributed by atoms with Crippen molar-refractivity contribution in [2.24, 2.45) is 0 Å². The monoisotopic (exact) mass is 328 g/mol. The summed E-state index contributed by atoms with van der Waals surface area (Å²) in [6, 6.07) is 7.69. The summed E-state index contributed by atoms with van der Waals surface area (Å²) < 4.78 is 5.17. The SMILES string of the molecule is CCN(CC)C(=O)c1c(C)nc(N)nc1Cc1ccc(OC)cc1. The van der Waals surface area contributed by atoms with Crippen molar-refractivity contribution in [3.63, 3.8) is 0 Å². The minimum atomic E-state index is -0.0546. The molecule has 1 aromatic heterocycles. The maximum absolute atomic E-state index is 12.8. The molecule has 0 fully saturated rings. The van der Waals surface area contributed by atoms with Crippen LogP contribution < -0.4 is 10.5 Å². The number of rotatable bonds is 6. The van der Waals surface area contributed by atoms with Crippen molar-refractivity contribution in [2.75, 3.05) is 25.9 Å². The second-order valence-corrected chi connectivity index (χ2v) is 5.49. The fraction of sp³-hybridized carbons (Fsp3) is 0.389. The van der Waals surface area contributed by atoms with Gasteiger partial charge in [0.15, 0.2) is 0 Å². The maximum Gasteiger partial charge on any atom is 0.257 e. The summed E-state index contributed by atoms with van der Waals surface area (Å²) in [5.41, 5.74) is 8.64. The van der Waals surface area contributed by atoms with E-state index in [9.17, 15) is 4.79 Å². The van der Waals surface area contributed by atoms with Gasteiger partial charge in [-0.25, -0.2) is 9.97 Å². The van der Waals surface area contributed by atoms with E-state index in [-0.39, 0.29) is 11.9 Å². The predicted molar refractivity (Wildman–Crippen MR) is 94.2 cm³/mol. The molecule has 0 spiro atoms. The van der Waals surface area contributed by atoms with Gasteiger partial charge in [0, 0.05) is 19.5 Å². The Morgan fingerprint density at radius 1 is 1.17 bits per heavy atom. The van der Waals surface area contributed by atoms with Gasteiger partial charge in [0.25, 0.3) is 5.91 Å². The molecular weight excluding hydrogens is 304 g/mol. The van der Waals surface area contributed by atoms with Gasteiger partial charge in [-0.2, -0.15) is 0 Å². The molecule has 128 valence electrons. The number of nitrogen functional groups attached to an aromatic ring is 1. The third-order valence-electron chi connectivity index (χ3n) is 3.98. The third kappa shape index (κ3) is 3.82. The van der Waals surface area contributed by atoms with Crippen LogP contribution >= 0.6 is 0 Å². The summed E-state index contributed by atoms with van der Waals surface area (Å²) in [5.74, 6) is 0.921.